The lowest BCUT2D eigenvalue weighted by Crippen LogP contribution is -2.56. The first-order valence-corrected chi connectivity index (χ1v) is 18.5. The third-order valence-electron chi connectivity index (χ3n) is 7.68. The van der Waals surface area contributed by atoms with Crippen molar-refractivity contribution in [2.45, 2.75) is 90.1 Å². The molecule has 3 N–H and O–H groups in total. The van der Waals surface area contributed by atoms with Crippen molar-refractivity contribution in [3.05, 3.63) is 86.7 Å². The number of carbonyl (C=O) groups excluding carboxylic acids is 2. The minimum Gasteiger partial charge on any atom is -0.390 e. The van der Waals surface area contributed by atoms with Crippen LogP contribution in [-0.2, 0) is 34.3 Å². The van der Waals surface area contributed by atoms with E-state index in [1.54, 1.807) is 23.2 Å². The van der Waals surface area contributed by atoms with Crippen LogP contribution in [0.1, 0.15) is 69.3 Å². The minimum atomic E-state index is -4.05. The number of rotatable bonds is 18. The fourth-order valence-electron chi connectivity index (χ4n) is 4.99. The molecule has 0 radical (unpaired) electrons. The first kappa shape index (κ1) is 38.7. The molecule has 14 heteroatoms. The molecule has 0 aliphatic heterocycles. The van der Waals surface area contributed by atoms with Crippen molar-refractivity contribution < 1.29 is 23.1 Å². The predicted octanol–water partition coefficient (Wildman–Crippen LogP) is 4.89. The number of nitrogens with one attached hydrogen (secondary N) is 2. The van der Waals surface area contributed by atoms with Crippen molar-refractivity contribution in [2.24, 2.45) is 11.1 Å². The highest BCUT2D eigenvalue weighted by molar-refractivity contribution is 7.89. The van der Waals surface area contributed by atoms with Crippen LogP contribution in [0.25, 0.3) is 0 Å². The van der Waals surface area contributed by atoms with Crippen LogP contribution in [0, 0.1) is 10.8 Å². The smallest absolute Gasteiger partial charge is 0.318 e. The van der Waals surface area contributed by atoms with Gasteiger partial charge in [0.25, 0.3) is 0 Å². The summed E-state index contributed by atoms with van der Waals surface area (Å²) in [6.07, 6.45) is -1.07. The molecular weight excluding hydrogens is 653 g/mol. The van der Waals surface area contributed by atoms with Crippen LogP contribution in [0.15, 0.2) is 70.0 Å². The topological polar surface area (TPSA) is 161 Å². The third-order valence-corrected chi connectivity index (χ3v) is 10.7. The van der Waals surface area contributed by atoms with E-state index in [9.17, 15) is 28.0 Å². The molecule has 0 saturated carbocycles. The van der Waals surface area contributed by atoms with E-state index in [1.807, 2.05) is 56.5 Å². The number of thiazole rings is 1. The van der Waals surface area contributed by atoms with Crippen LogP contribution in [0.4, 0.5) is 4.79 Å². The molecule has 3 aromatic rings. The summed E-state index contributed by atoms with van der Waals surface area (Å²) in [5.74, 6) is -0.301. The normalized spacial score (nSPS) is 13.7. The highest BCUT2D eigenvalue weighted by Crippen LogP contribution is 2.21. The van der Waals surface area contributed by atoms with Gasteiger partial charge >= 0.3 is 6.03 Å². The van der Waals surface area contributed by atoms with Gasteiger partial charge in [0.1, 0.15) is 12.6 Å². The van der Waals surface area contributed by atoms with Crippen molar-refractivity contribution in [2.75, 3.05) is 19.6 Å². The Morgan fingerprint density at radius 3 is 2.19 bits per heavy atom. The van der Waals surface area contributed by atoms with Crippen LogP contribution in [0.3, 0.4) is 0 Å². The highest BCUT2D eigenvalue weighted by Gasteiger charge is 2.32. The van der Waals surface area contributed by atoms with E-state index in [0.29, 0.717) is 18.7 Å². The molecule has 1 heterocycles. The third kappa shape index (κ3) is 11.2. The summed E-state index contributed by atoms with van der Waals surface area (Å²) < 4.78 is 28.7. The van der Waals surface area contributed by atoms with Gasteiger partial charge in [-0.1, -0.05) is 75.3 Å². The summed E-state index contributed by atoms with van der Waals surface area (Å²) in [5.41, 5.74) is 2.19. The number of nitrogens with zero attached hydrogens (tertiary/aromatic N) is 4. The molecule has 3 rings (SSSR count). The molecule has 0 bridgehead atoms. The molecule has 3 atom stereocenters. The molecule has 0 spiro atoms. The van der Waals surface area contributed by atoms with Gasteiger partial charge in [-0.05, 0) is 49.4 Å². The number of amides is 3. The largest absolute Gasteiger partial charge is 0.390 e. The van der Waals surface area contributed by atoms with E-state index < -0.39 is 40.1 Å². The molecule has 12 nitrogen and oxygen atoms in total. The van der Waals surface area contributed by atoms with Gasteiger partial charge in [0.05, 0.1) is 34.3 Å². The Labute approximate surface area is 288 Å². The number of sulfonamides is 1. The lowest BCUT2D eigenvalue weighted by atomic mass is 10.0. The van der Waals surface area contributed by atoms with E-state index in [-0.39, 0.29) is 42.8 Å². The molecule has 0 aliphatic rings. The van der Waals surface area contributed by atoms with Crippen molar-refractivity contribution in [3.8, 4) is 0 Å². The molecule has 3 amide bonds. The molecule has 262 valence electrons. The van der Waals surface area contributed by atoms with Gasteiger partial charge in [-0.15, -0.1) is 11.3 Å². The molecule has 48 heavy (non-hydrogen) atoms. The van der Waals surface area contributed by atoms with E-state index in [4.69, 9.17) is 0 Å². The van der Waals surface area contributed by atoms with Crippen molar-refractivity contribution in [3.63, 3.8) is 0 Å². The number of hydrogen-bond donors (Lipinski definition) is 3. The van der Waals surface area contributed by atoms with Crippen molar-refractivity contribution in [1.82, 2.24) is 24.8 Å². The molecule has 1 aromatic heterocycles. The number of urea groups is 1. The fraction of sp³-hybridized carbons (Fsp3) is 0.500. The van der Waals surface area contributed by atoms with Gasteiger partial charge in [-0.2, -0.15) is 9.21 Å². The number of hydrogen-bond acceptors (Lipinski definition) is 9. The maximum absolute atomic E-state index is 13.7. The summed E-state index contributed by atoms with van der Waals surface area (Å²) in [4.78, 5) is 43.5. The number of aliphatic hydroxyl groups excluding tert-OH is 1. The van der Waals surface area contributed by atoms with Crippen LogP contribution in [0.2, 0.25) is 0 Å². The summed E-state index contributed by atoms with van der Waals surface area (Å²) in [6, 6.07) is 12.9. The monoisotopic (exact) mass is 700 g/mol. The number of nitroso groups, excluding NO2 is 1. The second kappa shape index (κ2) is 18.2. The molecule has 0 saturated heterocycles. The summed E-state index contributed by atoms with van der Waals surface area (Å²) in [6.45, 7) is 11.7. The Balaban J connectivity index is 1.77. The van der Waals surface area contributed by atoms with E-state index in [1.165, 1.54) is 28.6 Å². The Bertz CT molecular complexity index is 1580. The average molecular weight is 701 g/mol. The lowest BCUT2D eigenvalue weighted by Gasteiger charge is -2.31. The van der Waals surface area contributed by atoms with E-state index in [2.05, 4.69) is 34.6 Å². The van der Waals surface area contributed by atoms with Crippen LogP contribution in [0.5, 0.6) is 0 Å². The SMILES string of the molecule is CCN(Cc1csc(C(C)C)n1)C(=O)N[C@@H](C)C(=O)N[C@@H](Cc1ccccc1)[C@H](O)CN(CC(C)C)S(=O)(=O)c1ccc(CN=O)cc1. The van der Waals surface area contributed by atoms with Crippen molar-refractivity contribution >= 4 is 33.3 Å². The van der Waals surface area contributed by atoms with Gasteiger partial charge in [0, 0.05) is 30.9 Å². The standard InChI is InChI=1S/C34H48N6O6S2/c1-7-39(20-28-22-47-33(37-28)24(4)5)34(43)36-25(6)32(42)38-30(17-26-11-9-8-10-12-26)31(41)21-40(19-23(2)3)48(45,46)29-15-13-27(14-16-29)18-35-44/h8-16,22-25,30-31,41H,7,17-21H2,1-6H3,(H,36,43)(H,38,42)/t25-,30-,31+/m0/s1. The van der Waals surface area contributed by atoms with Gasteiger partial charge in [-0.3, -0.25) is 4.79 Å². The number of aliphatic hydroxyl groups is 1. The average Bonchev–Trinajstić information content (AvgIpc) is 3.52. The van der Waals surface area contributed by atoms with Gasteiger partial charge in [0.2, 0.25) is 15.9 Å². The number of aromatic nitrogens is 1. The van der Waals surface area contributed by atoms with Gasteiger partial charge < -0.3 is 20.6 Å². The minimum absolute atomic E-state index is 0.0172. The zero-order chi connectivity index (χ0) is 35.4. The summed E-state index contributed by atoms with van der Waals surface area (Å²) >= 11 is 1.55. The predicted molar refractivity (Wildman–Crippen MR) is 188 cm³/mol. The first-order chi connectivity index (χ1) is 22.7. The fourth-order valence-corrected chi connectivity index (χ4v) is 7.44. The number of benzene rings is 2. The summed E-state index contributed by atoms with van der Waals surface area (Å²) in [7, 11) is -4.05. The highest BCUT2D eigenvalue weighted by atomic mass is 32.2. The zero-order valence-electron chi connectivity index (χ0n) is 28.5. The maximum Gasteiger partial charge on any atom is 0.318 e. The molecule has 0 aliphatic carbocycles. The Morgan fingerprint density at radius 1 is 0.958 bits per heavy atom. The Morgan fingerprint density at radius 2 is 1.62 bits per heavy atom. The molecule has 0 unspecified atom stereocenters. The van der Waals surface area contributed by atoms with Crippen LogP contribution < -0.4 is 10.6 Å². The Kier molecular flexibility index (Phi) is 14.6. The first-order valence-electron chi connectivity index (χ1n) is 16.1. The number of carbonyl (C=O) groups is 2. The maximum atomic E-state index is 13.7. The summed E-state index contributed by atoms with van der Waals surface area (Å²) in [5, 5.41) is 22.9. The zero-order valence-corrected chi connectivity index (χ0v) is 30.1. The molecular formula is C34H48N6O6S2. The van der Waals surface area contributed by atoms with Gasteiger partial charge in [0.15, 0.2) is 0 Å². The second-order valence-electron chi connectivity index (χ2n) is 12.5. The Hall–Kier alpha value is -3.72. The van der Waals surface area contributed by atoms with Crippen LogP contribution in [-0.4, -0.2) is 77.5 Å². The lowest BCUT2D eigenvalue weighted by molar-refractivity contribution is -0.124. The van der Waals surface area contributed by atoms with Gasteiger partial charge in [-0.25, -0.2) is 18.2 Å². The second-order valence-corrected chi connectivity index (χ2v) is 15.4. The van der Waals surface area contributed by atoms with Crippen LogP contribution >= 0.6 is 11.3 Å². The molecule has 0 fully saturated rings. The van der Waals surface area contributed by atoms with E-state index in [0.717, 1.165) is 16.3 Å². The van der Waals surface area contributed by atoms with Crippen molar-refractivity contribution in [1.29, 1.82) is 0 Å². The molecule has 2 aromatic carbocycles. The quantitative estimate of drug-likeness (QED) is 0.159. The van der Waals surface area contributed by atoms with E-state index >= 15 is 0 Å².